The van der Waals surface area contributed by atoms with Gasteiger partial charge in [0.2, 0.25) is 0 Å². The van der Waals surface area contributed by atoms with Gasteiger partial charge in [0.1, 0.15) is 3.53 Å². The van der Waals surface area contributed by atoms with Gasteiger partial charge in [-0.2, -0.15) is 0 Å². The summed E-state index contributed by atoms with van der Waals surface area (Å²) in [5, 5.41) is 8.78. The Morgan fingerprint density at radius 1 is 1.00 bits per heavy atom. The van der Waals surface area contributed by atoms with E-state index in [1.54, 1.807) is 11.8 Å². The fraction of sp³-hybridized carbons (Fsp3) is 0.882. The molecule has 0 heterocycles. The van der Waals surface area contributed by atoms with Crippen molar-refractivity contribution >= 4 is 45.2 Å². The Morgan fingerprint density at radius 2 is 1.50 bits per heavy atom. The van der Waals surface area contributed by atoms with Crippen molar-refractivity contribution in [2.45, 2.75) is 89.7 Å². The summed E-state index contributed by atoms with van der Waals surface area (Å²) in [7, 11) is 0. The summed E-state index contributed by atoms with van der Waals surface area (Å²) >= 11 is 8.52. The maximum absolute atomic E-state index is 10.6. The zero-order valence-electron chi connectivity index (χ0n) is 14.1. The number of rotatable bonds is 14. The Bertz CT molecular complexity index is 296. The molecule has 0 bridgehead atoms. The molecule has 0 saturated heterocycles. The molecule has 0 aliphatic carbocycles. The van der Waals surface area contributed by atoms with Crippen LogP contribution in [0.1, 0.15) is 84.5 Å². The number of carboxylic acid groups (broad SMARTS) is 1. The van der Waals surface area contributed by atoms with E-state index in [9.17, 15) is 4.79 Å². The summed E-state index contributed by atoms with van der Waals surface area (Å²) in [6.45, 7) is 4.18. The minimum absolute atomic E-state index is 0.0743. The topological polar surface area (TPSA) is 37.3 Å². The second-order valence-electron chi connectivity index (χ2n) is 5.81. The van der Waals surface area contributed by atoms with Gasteiger partial charge in [0.05, 0.1) is 6.42 Å². The zero-order valence-corrected chi connectivity index (χ0v) is 16.6. The number of hydrogen-bond donors (Lipinski definition) is 1. The van der Waals surface area contributed by atoms with Crippen molar-refractivity contribution in [2.75, 3.05) is 5.75 Å². The minimum atomic E-state index is -0.748. The van der Waals surface area contributed by atoms with Gasteiger partial charge in [0.15, 0.2) is 0 Å². The summed E-state index contributed by atoms with van der Waals surface area (Å²) in [4.78, 5) is 10.6. The smallest absolute Gasteiger partial charge is 0.304 e. The van der Waals surface area contributed by atoms with E-state index in [1.165, 1.54) is 76.0 Å². The fourth-order valence-corrected chi connectivity index (χ4v) is 5.06. The third-order valence-electron chi connectivity index (χ3n) is 3.48. The first-order valence-electron chi connectivity index (χ1n) is 8.61. The molecule has 0 amide bonds. The number of unbranched alkanes of at least 4 members (excludes halogenated alkanes) is 9. The normalized spacial score (nSPS) is 12.3. The van der Waals surface area contributed by atoms with Gasteiger partial charge < -0.3 is 5.11 Å². The van der Waals surface area contributed by atoms with Gasteiger partial charge in [-0.25, -0.2) is 0 Å². The van der Waals surface area contributed by atoms with Gasteiger partial charge >= 0.3 is 5.97 Å². The van der Waals surface area contributed by atoms with Crippen LogP contribution in [0.25, 0.3) is 0 Å². The van der Waals surface area contributed by atoms with Crippen LogP contribution in [-0.4, -0.2) is 25.6 Å². The van der Waals surface area contributed by atoms with Crippen molar-refractivity contribution < 1.29 is 9.90 Å². The molecule has 1 N–H and O–H groups in total. The Morgan fingerprint density at radius 3 is 2.00 bits per heavy atom. The van der Waals surface area contributed by atoms with Crippen molar-refractivity contribution in [1.29, 1.82) is 0 Å². The largest absolute Gasteiger partial charge is 0.481 e. The van der Waals surface area contributed by atoms with Crippen LogP contribution in [0.2, 0.25) is 0 Å². The third-order valence-corrected chi connectivity index (χ3v) is 6.25. The van der Waals surface area contributed by atoms with E-state index < -0.39 is 5.97 Å². The fourth-order valence-electron chi connectivity index (χ4n) is 2.23. The lowest BCUT2D eigenvalue weighted by atomic mass is 10.1. The molecule has 2 nitrogen and oxygen atoms in total. The summed E-state index contributed by atoms with van der Waals surface area (Å²) in [6, 6.07) is 0. The Labute approximate surface area is 150 Å². The first-order chi connectivity index (χ1) is 10.6. The predicted molar refractivity (Wildman–Crippen MR) is 106 cm³/mol. The lowest BCUT2D eigenvalue weighted by Gasteiger charge is -2.08. The van der Waals surface area contributed by atoms with Gasteiger partial charge in [-0.15, -0.1) is 23.5 Å². The number of thiocarbonyl (C=S) groups is 1. The van der Waals surface area contributed by atoms with Crippen molar-refractivity contribution in [2.24, 2.45) is 0 Å². The molecular weight excluding hydrogens is 332 g/mol. The molecule has 1 atom stereocenters. The molecule has 0 aliphatic rings. The summed E-state index contributed by atoms with van der Waals surface area (Å²) < 4.78 is 0.893. The Kier molecular flexibility index (Phi) is 16.3. The first-order valence-corrected chi connectivity index (χ1v) is 10.9. The number of carbonyl (C=O) groups is 1. The van der Waals surface area contributed by atoms with Crippen LogP contribution in [0, 0.1) is 0 Å². The summed E-state index contributed by atoms with van der Waals surface area (Å²) in [5.41, 5.74) is 0. The van der Waals surface area contributed by atoms with Crippen LogP contribution in [0.4, 0.5) is 0 Å². The second kappa shape index (κ2) is 16.1. The predicted octanol–water partition coefficient (Wildman–Crippen LogP) is 6.52. The molecule has 22 heavy (non-hydrogen) atoms. The van der Waals surface area contributed by atoms with E-state index in [2.05, 4.69) is 6.92 Å². The Hall–Kier alpha value is 0.260. The maximum Gasteiger partial charge on any atom is 0.304 e. The standard InChI is InChI=1S/C17H32O2S3/c1-3-4-5-6-7-8-9-10-11-12-13-21-17(20)22-15(2)14-16(18)19/h15H,3-14H2,1-2H3,(H,18,19). The van der Waals surface area contributed by atoms with Gasteiger partial charge in [-0.05, 0) is 12.2 Å². The molecule has 1 unspecified atom stereocenters. The van der Waals surface area contributed by atoms with Gasteiger partial charge in [0, 0.05) is 5.25 Å². The maximum atomic E-state index is 10.6. The number of carboxylic acids is 1. The van der Waals surface area contributed by atoms with Crippen LogP contribution in [0.15, 0.2) is 0 Å². The summed E-state index contributed by atoms with van der Waals surface area (Å²) in [6.07, 6.45) is 13.7. The Balaban J connectivity index is 3.28. The highest BCUT2D eigenvalue weighted by Crippen LogP contribution is 2.25. The molecule has 0 aliphatic heterocycles. The van der Waals surface area contributed by atoms with Crippen molar-refractivity contribution in [3.05, 3.63) is 0 Å². The van der Waals surface area contributed by atoms with Crippen LogP contribution in [0.5, 0.6) is 0 Å². The second-order valence-corrected chi connectivity index (χ2v) is 9.54. The highest BCUT2D eigenvalue weighted by molar-refractivity contribution is 8.47. The zero-order chi connectivity index (χ0) is 16.6. The van der Waals surface area contributed by atoms with Crippen LogP contribution < -0.4 is 0 Å². The molecule has 0 aromatic carbocycles. The van der Waals surface area contributed by atoms with Gasteiger partial charge in [0.25, 0.3) is 0 Å². The lowest BCUT2D eigenvalue weighted by Crippen LogP contribution is -2.07. The summed E-state index contributed by atoms with van der Waals surface area (Å²) in [5.74, 6) is 0.324. The molecule has 5 heteroatoms. The first kappa shape index (κ1) is 22.3. The van der Waals surface area contributed by atoms with E-state index in [0.29, 0.717) is 0 Å². The molecule has 0 spiro atoms. The molecular formula is C17H32O2S3. The molecule has 130 valence electrons. The van der Waals surface area contributed by atoms with Gasteiger partial charge in [-0.1, -0.05) is 83.9 Å². The molecule has 0 aromatic rings. The number of aliphatic carboxylic acids is 1. The molecule has 0 rings (SSSR count). The molecule has 0 aromatic heterocycles. The van der Waals surface area contributed by atoms with Gasteiger partial charge in [-0.3, -0.25) is 4.79 Å². The van der Waals surface area contributed by atoms with Crippen LogP contribution >= 0.6 is 35.7 Å². The number of hydrogen-bond acceptors (Lipinski definition) is 4. The van der Waals surface area contributed by atoms with E-state index in [1.807, 2.05) is 6.92 Å². The minimum Gasteiger partial charge on any atom is -0.481 e. The molecule has 0 radical (unpaired) electrons. The monoisotopic (exact) mass is 364 g/mol. The van der Waals surface area contributed by atoms with E-state index in [-0.39, 0.29) is 11.7 Å². The van der Waals surface area contributed by atoms with Crippen molar-refractivity contribution in [3.8, 4) is 0 Å². The quantitative estimate of drug-likeness (QED) is 0.280. The average molecular weight is 365 g/mol. The highest BCUT2D eigenvalue weighted by atomic mass is 32.2. The molecule has 0 fully saturated rings. The molecule has 0 saturated carbocycles. The van der Waals surface area contributed by atoms with Crippen LogP contribution in [0.3, 0.4) is 0 Å². The SMILES string of the molecule is CCCCCCCCCCCCSC(=S)SC(C)CC(=O)O. The van der Waals surface area contributed by atoms with E-state index in [0.717, 1.165) is 9.28 Å². The van der Waals surface area contributed by atoms with Crippen molar-refractivity contribution in [1.82, 2.24) is 0 Å². The highest BCUT2D eigenvalue weighted by Gasteiger charge is 2.10. The average Bonchev–Trinajstić information content (AvgIpc) is 2.43. The van der Waals surface area contributed by atoms with E-state index in [4.69, 9.17) is 17.3 Å². The van der Waals surface area contributed by atoms with Crippen LogP contribution in [-0.2, 0) is 4.79 Å². The van der Waals surface area contributed by atoms with Crippen molar-refractivity contribution in [3.63, 3.8) is 0 Å². The third kappa shape index (κ3) is 16.6. The lowest BCUT2D eigenvalue weighted by molar-refractivity contribution is -0.136. The van der Waals surface area contributed by atoms with E-state index >= 15 is 0 Å². The number of thioether (sulfide) groups is 2.